The molecule has 0 aliphatic rings. The molecule has 50 valence electrons. The highest BCUT2D eigenvalue weighted by Crippen LogP contribution is 2.01. The smallest absolute Gasteiger partial charge is 0.0580 e. The van der Waals surface area contributed by atoms with E-state index in [0.717, 1.165) is 0 Å². The van der Waals surface area contributed by atoms with Gasteiger partial charge in [0.25, 0.3) is 0 Å². The maximum Gasteiger partial charge on any atom is 0.0580 e. The van der Waals surface area contributed by atoms with E-state index in [1.807, 2.05) is 6.92 Å². The standard InChI is InChI=1S/C6H15NO/c1-5(4-7)6(2)8-3/h5-6H,4,7H2,1-3H3. The fourth-order valence-electron chi connectivity index (χ4n) is 0.424. The largest absolute Gasteiger partial charge is 0.381 e. The quantitative estimate of drug-likeness (QED) is 0.588. The van der Waals surface area contributed by atoms with Gasteiger partial charge in [0, 0.05) is 7.11 Å². The predicted octanol–water partition coefficient (Wildman–Crippen LogP) is 0.616. The Balaban J connectivity index is 3.29. The van der Waals surface area contributed by atoms with Crippen LogP contribution in [0.2, 0.25) is 0 Å². The Bertz CT molecular complexity index is 48.5. The number of rotatable bonds is 3. The van der Waals surface area contributed by atoms with Gasteiger partial charge in [-0.25, -0.2) is 0 Å². The molecular formula is C6H15NO. The van der Waals surface area contributed by atoms with Gasteiger partial charge >= 0.3 is 0 Å². The van der Waals surface area contributed by atoms with Crippen molar-refractivity contribution >= 4 is 0 Å². The second-order valence-corrected chi connectivity index (χ2v) is 2.15. The first-order valence-electron chi connectivity index (χ1n) is 2.95. The van der Waals surface area contributed by atoms with Gasteiger partial charge in [0.05, 0.1) is 6.10 Å². The third kappa shape index (κ3) is 2.28. The van der Waals surface area contributed by atoms with Crippen LogP contribution >= 0.6 is 0 Å². The summed E-state index contributed by atoms with van der Waals surface area (Å²) in [5.41, 5.74) is 5.37. The Morgan fingerprint density at radius 1 is 1.50 bits per heavy atom. The highest BCUT2D eigenvalue weighted by Gasteiger charge is 2.06. The molecule has 0 saturated carbocycles. The lowest BCUT2D eigenvalue weighted by Crippen LogP contribution is -2.23. The van der Waals surface area contributed by atoms with Gasteiger partial charge in [0.2, 0.25) is 0 Å². The van der Waals surface area contributed by atoms with Crippen LogP contribution in [0, 0.1) is 5.92 Å². The van der Waals surface area contributed by atoms with Gasteiger partial charge in [0.15, 0.2) is 0 Å². The molecule has 0 aliphatic carbocycles. The van der Waals surface area contributed by atoms with Crippen molar-refractivity contribution < 1.29 is 4.74 Å². The van der Waals surface area contributed by atoms with Crippen molar-refractivity contribution in [2.24, 2.45) is 11.7 Å². The number of ether oxygens (including phenoxy) is 1. The molecule has 2 N–H and O–H groups in total. The van der Waals surface area contributed by atoms with Crippen LogP contribution in [-0.4, -0.2) is 19.8 Å². The predicted molar refractivity (Wildman–Crippen MR) is 34.7 cm³/mol. The van der Waals surface area contributed by atoms with Crippen LogP contribution in [0.25, 0.3) is 0 Å². The molecule has 2 heteroatoms. The second kappa shape index (κ2) is 3.87. The lowest BCUT2D eigenvalue weighted by molar-refractivity contribution is 0.0768. The van der Waals surface area contributed by atoms with E-state index in [1.165, 1.54) is 0 Å². The SMILES string of the molecule is COC(C)C(C)CN. The van der Waals surface area contributed by atoms with Crippen LogP contribution in [-0.2, 0) is 4.74 Å². The zero-order chi connectivity index (χ0) is 6.57. The minimum atomic E-state index is 0.292. The molecule has 0 spiro atoms. The lowest BCUT2D eigenvalue weighted by atomic mass is 10.1. The summed E-state index contributed by atoms with van der Waals surface area (Å²) in [4.78, 5) is 0. The normalized spacial score (nSPS) is 18.0. The van der Waals surface area contributed by atoms with E-state index in [1.54, 1.807) is 7.11 Å². The minimum absolute atomic E-state index is 0.292. The second-order valence-electron chi connectivity index (χ2n) is 2.15. The van der Waals surface area contributed by atoms with Crippen LogP contribution in [0.15, 0.2) is 0 Å². The van der Waals surface area contributed by atoms with Crippen molar-refractivity contribution in [2.75, 3.05) is 13.7 Å². The molecule has 0 aromatic heterocycles. The molecule has 0 heterocycles. The molecule has 2 unspecified atom stereocenters. The van der Waals surface area contributed by atoms with Gasteiger partial charge in [-0.3, -0.25) is 0 Å². The Labute approximate surface area is 51.0 Å². The summed E-state index contributed by atoms with van der Waals surface area (Å²) in [7, 11) is 1.71. The highest BCUT2D eigenvalue weighted by atomic mass is 16.5. The third-order valence-corrected chi connectivity index (χ3v) is 1.54. The Hall–Kier alpha value is -0.0800. The van der Waals surface area contributed by atoms with Gasteiger partial charge in [-0.1, -0.05) is 6.92 Å². The van der Waals surface area contributed by atoms with E-state index >= 15 is 0 Å². The molecule has 0 amide bonds. The van der Waals surface area contributed by atoms with Crippen LogP contribution in [0.4, 0.5) is 0 Å². The minimum Gasteiger partial charge on any atom is -0.381 e. The summed E-state index contributed by atoms with van der Waals surface area (Å²) in [6.45, 7) is 4.81. The van der Waals surface area contributed by atoms with E-state index in [9.17, 15) is 0 Å². The van der Waals surface area contributed by atoms with Crippen LogP contribution in [0.5, 0.6) is 0 Å². The Kier molecular flexibility index (Phi) is 3.83. The molecule has 2 atom stereocenters. The van der Waals surface area contributed by atoms with E-state index in [-0.39, 0.29) is 0 Å². The number of methoxy groups -OCH3 is 1. The van der Waals surface area contributed by atoms with E-state index in [4.69, 9.17) is 10.5 Å². The first kappa shape index (κ1) is 7.92. The van der Waals surface area contributed by atoms with E-state index in [2.05, 4.69) is 6.92 Å². The van der Waals surface area contributed by atoms with E-state index in [0.29, 0.717) is 18.6 Å². The maximum absolute atomic E-state index is 5.37. The molecule has 0 bridgehead atoms. The summed E-state index contributed by atoms with van der Waals surface area (Å²) in [5.74, 6) is 0.472. The van der Waals surface area contributed by atoms with Gasteiger partial charge in [-0.15, -0.1) is 0 Å². The lowest BCUT2D eigenvalue weighted by Gasteiger charge is -2.15. The summed E-state index contributed by atoms with van der Waals surface area (Å²) >= 11 is 0. The highest BCUT2D eigenvalue weighted by molar-refractivity contribution is 4.59. The van der Waals surface area contributed by atoms with Crippen molar-refractivity contribution in [2.45, 2.75) is 20.0 Å². The topological polar surface area (TPSA) is 35.2 Å². The molecule has 2 nitrogen and oxygen atoms in total. The Morgan fingerprint density at radius 2 is 2.00 bits per heavy atom. The number of nitrogens with two attached hydrogens (primary N) is 1. The van der Waals surface area contributed by atoms with Crippen LogP contribution in [0.3, 0.4) is 0 Å². The summed E-state index contributed by atoms with van der Waals surface area (Å²) in [6.07, 6.45) is 0.292. The third-order valence-electron chi connectivity index (χ3n) is 1.54. The van der Waals surface area contributed by atoms with Crippen molar-refractivity contribution in [1.29, 1.82) is 0 Å². The van der Waals surface area contributed by atoms with E-state index < -0.39 is 0 Å². The monoisotopic (exact) mass is 117 g/mol. The molecule has 0 fully saturated rings. The summed E-state index contributed by atoms with van der Waals surface area (Å²) in [6, 6.07) is 0. The average molecular weight is 117 g/mol. The zero-order valence-electron chi connectivity index (χ0n) is 5.85. The molecule has 0 aromatic carbocycles. The van der Waals surface area contributed by atoms with Crippen LogP contribution < -0.4 is 5.73 Å². The fraction of sp³-hybridized carbons (Fsp3) is 1.00. The van der Waals surface area contributed by atoms with Crippen molar-refractivity contribution in [3.8, 4) is 0 Å². The Morgan fingerprint density at radius 3 is 2.12 bits per heavy atom. The fourth-order valence-corrected chi connectivity index (χ4v) is 0.424. The molecule has 0 saturated heterocycles. The van der Waals surface area contributed by atoms with Gasteiger partial charge in [-0.05, 0) is 19.4 Å². The number of hydrogen-bond acceptors (Lipinski definition) is 2. The zero-order valence-corrected chi connectivity index (χ0v) is 5.85. The first-order chi connectivity index (χ1) is 3.72. The van der Waals surface area contributed by atoms with Gasteiger partial charge in [-0.2, -0.15) is 0 Å². The molecular weight excluding hydrogens is 102 g/mol. The molecule has 8 heavy (non-hydrogen) atoms. The molecule has 0 aliphatic heterocycles. The summed E-state index contributed by atoms with van der Waals surface area (Å²) < 4.78 is 5.02. The molecule has 0 aromatic rings. The van der Waals surface area contributed by atoms with Crippen LogP contribution in [0.1, 0.15) is 13.8 Å². The molecule has 0 rings (SSSR count). The van der Waals surface area contributed by atoms with Crippen molar-refractivity contribution in [1.82, 2.24) is 0 Å². The van der Waals surface area contributed by atoms with Gasteiger partial charge in [0.1, 0.15) is 0 Å². The van der Waals surface area contributed by atoms with Gasteiger partial charge < -0.3 is 10.5 Å². The maximum atomic E-state index is 5.37. The number of hydrogen-bond donors (Lipinski definition) is 1. The summed E-state index contributed by atoms with van der Waals surface area (Å²) in [5, 5.41) is 0. The van der Waals surface area contributed by atoms with Crippen molar-refractivity contribution in [3.05, 3.63) is 0 Å². The average Bonchev–Trinajstić information content (AvgIpc) is 1.84. The first-order valence-corrected chi connectivity index (χ1v) is 2.95. The van der Waals surface area contributed by atoms with Crippen molar-refractivity contribution in [3.63, 3.8) is 0 Å². The molecule has 0 radical (unpaired) electrons.